The van der Waals surface area contributed by atoms with Crippen LogP contribution in [0, 0.1) is 0 Å². The SMILES string of the molecule is CO/N=C(\C(=O)N[C@H]1CN2CC(NC(=O)c3ccccc3)=C(C(=O)O)N2C1=O)c1csc(N)n1. The number of rotatable bonds is 7. The van der Waals surface area contributed by atoms with Crippen molar-refractivity contribution in [1.82, 2.24) is 25.6 Å². The maximum absolute atomic E-state index is 13.0. The van der Waals surface area contributed by atoms with Crippen LogP contribution in [-0.4, -0.2) is 75.8 Å². The minimum atomic E-state index is -1.40. The molecule has 13 nitrogen and oxygen atoms in total. The van der Waals surface area contributed by atoms with Gasteiger partial charge in [-0.25, -0.2) is 19.8 Å². The lowest BCUT2D eigenvalue weighted by Crippen LogP contribution is -2.46. The van der Waals surface area contributed by atoms with Crippen molar-refractivity contribution in [2.24, 2.45) is 5.16 Å². The molecule has 2 aromatic rings. The van der Waals surface area contributed by atoms with Gasteiger partial charge in [-0.15, -0.1) is 11.3 Å². The average Bonchev–Trinajstić information content (AvgIpc) is 3.47. The lowest BCUT2D eigenvalue weighted by atomic mass is 10.2. The number of hydrogen-bond donors (Lipinski definition) is 4. The van der Waals surface area contributed by atoms with E-state index in [1.54, 1.807) is 30.3 Å². The number of nitrogens with zero attached hydrogens (tertiary/aromatic N) is 4. The zero-order chi connectivity index (χ0) is 24.4. The monoisotopic (exact) mass is 485 g/mol. The summed E-state index contributed by atoms with van der Waals surface area (Å²) in [6.45, 7) is -0.0640. The first kappa shape index (κ1) is 22.9. The van der Waals surface area contributed by atoms with E-state index in [1.807, 2.05) is 0 Å². The fourth-order valence-electron chi connectivity index (χ4n) is 3.57. The number of carboxylic acid groups (broad SMARTS) is 1. The summed E-state index contributed by atoms with van der Waals surface area (Å²) in [7, 11) is 1.25. The van der Waals surface area contributed by atoms with E-state index in [0.29, 0.717) is 5.56 Å². The molecule has 0 aliphatic carbocycles. The summed E-state index contributed by atoms with van der Waals surface area (Å²) in [5.41, 5.74) is 5.62. The van der Waals surface area contributed by atoms with Gasteiger partial charge in [0.05, 0.1) is 12.2 Å². The Balaban J connectivity index is 1.52. The maximum Gasteiger partial charge on any atom is 0.356 e. The second-order valence-corrected chi connectivity index (χ2v) is 8.06. The van der Waals surface area contributed by atoms with Gasteiger partial charge in [-0.3, -0.25) is 14.4 Å². The molecule has 1 atom stereocenters. The average molecular weight is 485 g/mol. The number of oxime groups is 1. The van der Waals surface area contributed by atoms with Crippen LogP contribution in [0.5, 0.6) is 0 Å². The molecule has 1 saturated heterocycles. The minimum Gasteiger partial charge on any atom is -0.476 e. The Bertz CT molecular complexity index is 1230. The summed E-state index contributed by atoms with van der Waals surface area (Å²) in [5, 5.41) is 22.6. The number of nitrogens with two attached hydrogens (primary N) is 1. The lowest BCUT2D eigenvalue weighted by molar-refractivity contribution is -0.143. The summed E-state index contributed by atoms with van der Waals surface area (Å²) in [6.07, 6.45) is 0. The number of thiazole rings is 1. The predicted octanol–water partition coefficient (Wildman–Crippen LogP) is -0.640. The standard InChI is InChI=1S/C20H19N7O6S/c1-33-25-14(13-9-34-20(21)24-13)17(29)23-12-8-26-7-11(15(19(31)32)27(26)18(12)30)22-16(28)10-5-3-2-4-6-10/h2-6,9,12H,7-8H2,1H3,(H2,21,24)(H,22,28)(H,23,29)(H,31,32)/b25-14-/t12-/m0/s1. The van der Waals surface area contributed by atoms with E-state index >= 15 is 0 Å². The number of nitrogens with one attached hydrogen (secondary N) is 2. The zero-order valence-corrected chi connectivity index (χ0v) is 18.5. The van der Waals surface area contributed by atoms with E-state index in [2.05, 4.69) is 20.8 Å². The summed E-state index contributed by atoms with van der Waals surface area (Å²) >= 11 is 1.10. The first-order valence-electron chi connectivity index (χ1n) is 9.85. The second kappa shape index (κ2) is 9.29. The number of hydrazine groups is 1. The number of carboxylic acids is 1. The van der Waals surface area contributed by atoms with Crippen molar-refractivity contribution in [2.45, 2.75) is 6.04 Å². The molecule has 3 heterocycles. The number of benzene rings is 1. The number of aromatic nitrogens is 1. The third-order valence-corrected chi connectivity index (χ3v) is 5.67. The van der Waals surface area contributed by atoms with Crippen LogP contribution in [0.4, 0.5) is 5.13 Å². The molecule has 1 aromatic heterocycles. The molecule has 0 unspecified atom stereocenters. The smallest absolute Gasteiger partial charge is 0.356 e. The number of nitrogen functional groups attached to an aromatic ring is 1. The van der Waals surface area contributed by atoms with E-state index in [1.165, 1.54) is 17.5 Å². The van der Waals surface area contributed by atoms with Crippen molar-refractivity contribution in [1.29, 1.82) is 0 Å². The summed E-state index contributed by atoms with van der Waals surface area (Å²) in [6, 6.07) is 7.20. The van der Waals surface area contributed by atoms with Crippen molar-refractivity contribution in [3.05, 3.63) is 58.4 Å². The normalized spacial score (nSPS) is 18.1. The van der Waals surface area contributed by atoms with Crippen molar-refractivity contribution < 1.29 is 29.1 Å². The number of carbonyl (C=O) groups excluding carboxylic acids is 3. The number of carbonyl (C=O) groups is 4. The molecule has 14 heteroatoms. The molecule has 3 amide bonds. The topological polar surface area (TPSA) is 180 Å². The number of hydrogen-bond acceptors (Lipinski definition) is 10. The fourth-order valence-corrected chi connectivity index (χ4v) is 4.12. The highest BCUT2D eigenvalue weighted by atomic mass is 32.1. The molecule has 0 saturated carbocycles. The van der Waals surface area contributed by atoms with Crippen LogP contribution in [0.25, 0.3) is 0 Å². The van der Waals surface area contributed by atoms with Gasteiger partial charge >= 0.3 is 5.97 Å². The number of aliphatic carboxylic acids is 1. The Morgan fingerprint density at radius 1 is 1.29 bits per heavy atom. The van der Waals surface area contributed by atoms with Crippen LogP contribution < -0.4 is 16.4 Å². The molecule has 2 aliphatic heterocycles. The third-order valence-electron chi connectivity index (χ3n) is 4.99. The Morgan fingerprint density at radius 3 is 2.65 bits per heavy atom. The van der Waals surface area contributed by atoms with E-state index in [0.717, 1.165) is 16.3 Å². The van der Waals surface area contributed by atoms with Crippen molar-refractivity contribution in [3.8, 4) is 0 Å². The van der Waals surface area contributed by atoms with E-state index in [9.17, 15) is 24.3 Å². The van der Waals surface area contributed by atoms with Gasteiger partial charge in [-0.1, -0.05) is 23.4 Å². The molecule has 2 aliphatic rings. The Morgan fingerprint density at radius 2 is 2.03 bits per heavy atom. The van der Waals surface area contributed by atoms with Crippen molar-refractivity contribution in [3.63, 3.8) is 0 Å². The van der Waals surface area contributed by atoms with Gasteiger partial charge in [0.2, 0.25) is 0 Å². The Labute approximate surface area is 196 Å². The highest BCUT2D eigenvalue weighted by Gasteiger charge is 2.48. The molecule has 5 N–H and O–H groups in total. The molecule has 34 heavy (non-hydrogen) atoms. The molecule has 1 fully saturated rings. The first-order chi connectivity index (χ1) is 16.3. The molecule has 176 valence electrons. The molecule has 0 bridgehead atoms. The van der Waals surface area contributed by atoms with E-state index in [-0.39, 0.29) is 41.0 Å². The highest BCUT2D eigenvalue weighted by molar-refractivity contribution is 7.13. The zero-order valence-electron chi connectivity index (χ0n) is 17.7. The van der Waals surface area contributed by atoms with Crippen LogP contribution in [0.1, 0.15) is 16.1 Å². The number of anilines is 1. The molecule has 4 rings (SSSR count). The second-order valence-electron chi connectivity index (χ2n) is 7.17. The van der Waals surface area contributed by atoms with Gasteiger partial charge in [-0.2, -0.15) is 0 Å². The van der Waals surface area contributed by atoms with Crippen LogP contribution in [0.3, 0.4) is 0 Å². The van der Waals surface area contributed by atoms with Crippen LogP contribution in [-0.2, 0) is 19.2 Å². The van der Waals surface area contributed by atoms with Gasteiger partial charge in [-0.05, 0) is 12.1 Å². The molecule has 0 radical (unpaired) electrons. The van der Waals surface area contributed by atoms with Gasteiger partial charge in [0.1, 0.15) is 18.8 Å². The van der Waals surface area contributed by atoms with E-state index < -0.39 is 29.7 Å². The minimum absolute atomic E-state index is 0.0223. The van der Waals surface area contributed by atoms with Crippen LogP contribution in [0.2, 0.25) is 0 Å². The largest absolute Gasteiger partial charge is 0.476 e. The maximum atomic E-state index is 13.0. The fraction of sp³-hybridized carbons (Fsp3) is 0.200. The third kappa shape index (κ3) is 4.31. The molecular weight excluding hydrogens is 466 g/mol. The molecule has 1 aromatic carbocycles. The predicted molar refractivity (Wildman–Crippen MR) is 119 cm³/mol. The summed E-state index contributed by atoms with van der Waals surface area (Å²) in [5.74, 6) is -3.32. The van der Waals surface area contributed by atoms with Gasteiger partial charge in [0.15, 0.2) is 16.5 Å². The van der Waals surface area contributed by atoms with Crippen molar-refractivity contribution in [2.75, 3.05) is 25.9 Å². The highest BCUT2D eigenvalue weighted by Crippen LogP contribution is 2.28. The van der Waals surface area contributed by atoms with Crippen LogP contribution >= 0.6 is 11.3 Å². The Kier molecular flexibility index (Phi) is 6.25. The number of fused-ring (bicyclic) bond motifs is 1. The van der Waals surface area contributed by atoms with E-state index in [4.69, 9.17) is 10.6 Å². The van der Waals surface area contributed by atoms with Gasteiger partial charge in [0, 0.05) is 17.5 Å². The Hall–Kier alpha value is -4.30. The van der Waals surface area contributed by atoms with Gasteiger partial charge in [0.25, 0.3) is 17.7 Å². The summed E-state index contributed by atoms with van der Waals surface area (Å²) in [4.78, 5) is 58.9. The summed E-state index contributed by atoms with van der Waals surface area (Å²) < 4.78 is 0. The first-order valence-corrected chi connectivity index (χ1v) is 10.7. The van der Waals surface area contributed by atoms with Crippen molar-refractivity contribution >= 4 is 45.9 Å². The number of amides is 3. The molecular formula is C20H19N7O6S. The van der Waals surface area contributed by atoms with Gasteiger partial charge < -0.3 is 26.3 Å². The quantitative estimate of drug-likeness (QED) is 0.293. The molecule has 0 spiro atoms. The lowest BCUT2D eigenvalue weighted by Gasteiger charge is -2.18. The van der Waals surface area contributed by atoms with Crippen LogP contribution in [0.15, 0.2) is 52.3 Å².